The molecule has 0 saturated carbocycles. The molecule has 3 N–H and O–H groups in total. The van der Waals surface area contributed by atoms with Crippen LogP contribution in [0.25, 0.3) is 0 Å². The number of terminal acetylenes is 1. The van der Waals surface area contributed by atoms with Crippen LogP contribution in [0.2, 0.25) is 0 Å². The van der Waals surface area contributed by atoms with E-state index < -0.39 is 0 Å². The Hall–Kier alpha value is -1.01. The highest BCUT2D eigenvalue weighted by Crippen LogP contribution is 1.67. The third-order valence-corrected chi connectivity index (χ3v) is 0.424. The maximum absolute atomic E-state index is 10.0. The van der Waals surface area contributed by atoms with E-state index in [4.69, 9.17) is 6.42 Å². The van der Waals surface area contributed by atoms with Gasteiger partial charge in [0.2, 0.25) is 5.91 Å². The number of hydrogen-bond donors (Lipinski definition) is 2. The molecule has 1 amide bonds. The number of amides is 1. The van der Waals surface area contributed by atoms with E-state index in [2.05, 4.69) is 11.8 Å². The van der Waals surface area contributed by atoms with Gasteiger partial charge in [-0.3, -0.25) is 10.2 Å². The first-order valence-corrected chi connectivity index (χ1v) is 1.74. The molecule has 0 aliphatic rings. The van der Waals surface area contributed by atoms with E-state index in [-0.39, 0.29) is 12.3 Å². The zero-order valence-corrected chi connectivity index (χ0v) is 3.77. The Bertz CT molecular complexity index is 103. The Morgan fingerprint density at radius 1 is 2.00 bits per heavy atom. The standard InChI is InChI=1S/C4H6N2O/c1-2-3-4(7)6-5/h1H,3,5H2,(H,6,7). The summed E-state index contributed by atoms with van der Waals surface area (Å²) in [5, 5.41) is 0. The van der Waals surface area contributed by atoms with Gasteiger partial charge in [0.25, 0.3) is 0 Å². The molecular weight excluding hydrogens is 92.1 g/mol. The fourth-order valence-electron chi connectivity index (χ4n) is 0.144. The first kappa shape index (κ1) is 5.99. The molecule has 0 aromatic rings. The molecule has 0 bridgehead atoms. The summed E-state index contributed by atoms with van der Waals surface area (Å²) in [7, 11) is 0. The largest absolute Gasteiger partial charge is 0.293 e. The molecule has 0 heterocycles. The van der Waals surface area contributed by atoms with Crippen molar-refractivity contribution in [1.29, 1.82) is 0 Å². The minimum Gasteiger partial charge on any atom is -0.293 e. The number of carbonyl (C=O) groups excluding carboxylic acids is 1. The molecule has 0 rings (SSSR count). The highest BCUT2D eigenvalue weighted by atomic mass is 16.2. The molecule has 0 fully saturated rings. The molecule has 7 heavy (non-hydrogen) atoms. The molecule has 3 heteroatoms. The summed E-state index contributed by atoms with van der Waals surface area (Å²) in [5.74, 6) is 6.46. The SMILES string of the molecule is C#CCC(=O)NN. The molecule has 0 atom stereocenters. The first-order valence-electron chi connectivity index (χ1n) is 1.74. The van der Waals surface area contributed by atoms with E-state index in [0.717, 1.165) is 0 Å². The number of carbonyl (C=O) groups is 1. The van der Waals surface area contributed by atoms with Crippen molar-refractivity contribution in [2.45, 2.75) is 6.42 Å². The minimum absolute atomic E-state index is 0.0521. The van der Waals surface area contributed by atoms with Crippen molar-refractivity contribution >= 4 is 5.91 Å². The molecule has 0 aliphatic carbocycles. The fraction of sp³-hybridized carbons (Fsp3) is 0.250. The first-order chi connectivity index (χ1) is 3.31. The topological polar surface area (TPSA) is 55.1 Å². The smallest absolute Gasteiger partial charge is 0.245 e. The van der Waals surface area contributed by atoms with Crippen molar-refractivity contribution in [3.63, 3.8) is 0 Å². The van der Waals surface area contributed by atoms with Gasteiger partial charge >= 0.3 is 0 Å². The lowest BCUT2D eigenvalue weighted by Crippen LogP contribution is -2.29. The van der Waals surface area contributed by atoms with Crippen LogP contribution in [-0.4, -0.2) is 5.91 Å². The van der Waals surface area contributed by atoms with Crippen molar-refractivity contribution in [2.24, 2.45) is 5.84 Å². The predicted octanol–water partition coefficient (Wildman–Crippen LogP) is -1.00. The molecule has 0 radical (unpaired) electrons. The van der Waals surface area contributed by atoms with Crippen LogP contribution in [0.3, 0.4) is 0 Å². The summed E-state index contributed by atoms with van der Waals surface area (Å²) in [5.41, 5.74) is 1.88. The average Bonchev–Trinajstić information content (AvgIpc) is 1.68. The molecular formula is C4H6N2O. The third-order valence-electron chi connectivity index (χ3n) is 0.424. The number of nitrogens with two attached hydrogens (primary N) is 1. The number of hydrazine groups is 1. The van der Waals surface area contributed by atoms with Gasteiger partial charge < -0.3 is 0 Å². The van der Waals surface area contributed by atoms with E-state index >= 15 is 0 Å². The summed E-state index contributed by atoms with van der Waals surface area (Å²) in [6.07, 6.45) is 4.79. The van der Waals surface area contributed by atoms with Gasteiger partial charge in [-0.25, -0.2) is 5.84 Å². The molecule has 0 unspecified atom stereocenters. The zero-order chi connectivity index (χ0) is 5.70. The van der Waals surface area contributed by atoms with E-state index in [1.807, 2.05) is 5.43 Å². The fourth-order valence-corrected chi connectivity index (χ4v) is 0.144. The average molecular weight is 98.1 g/mol. The predicted molar refractivity (Wildman–Crippen MR) is 25.8 cm³/mol. The van der Waals surface area contributed by atoms with Gasteiger partial charge in [0, 0.05) is 0 Å². The second kappa shape index (κ2) is 3.19. The summed E-state index contributed by atoms with van der Waals surface area (Å²) in [6.45, 7) is 0. The van der Waals surface area contributed by atoms with E-state index in [9.17, 15) is 4.79 Å². The molecule has 0 aromatic carbocycles. The highest BCUT2D eigenvalue weighted by molar-refractivity contribution is 5.77. The van der Waals surface area contributed by atoms with E-state index in [1.54, 1.807) is 0 Å². The maximum atomic E-state index is 10.0. The quantitative estimate of drug-likeness (QED) is 0.191. The van der Waals surface area contributed by atoms with Crippen molar-refractivity contribution < 1.29 is 4.79 Å². The number of rotatable bonds is 1. The Morgan fingerprint density at radius 3 is 2.71 bits per heavy atom. The number of hydrogen-bond acceptors (Lipinski definition) is 2. The Balaban J connectivity index is 3.23. The van der Waals surface area contributed by atoms with Crippen LogP contribution in [0.15, 0.2) is 0 Å². The third kappa shape index (κ3) is 2.80. The van der Waals surface area contributed by atoms with Crippen LogP contribution in [0.1, 0.15) is 6.42 Å². The van der Waals surface area contributed by atoms with Crippen LogP contribution >= 0.6 is 0 Å². The maximum Gasteiger partial charge on any atom is 0.245 e. The highest BCUT2D eigenvalue weighted by Gasteiger charge is 1.88. The zero-order valence-electron chi connectivity index (χ0n) is 3.77. The van der Waals surface area contributed by atoms with Gasteiger partial charge in [-0.15, -0.1) is 6.42 Å². The molecule has 0 saturated heterocycles. The van der Waals surface area contributed by atoms with Crippen LogP contribution < -0.4 is 11.3 Å². The normalized spacial score (nSPS) is 6.86. The second-order valence-electron chi connectivity index (χ2n) is 0.948. The van der Waals surface area contributed by atoms with Gasteiger partial charge in [-0.05, 0) is 0 Å². The Morgan fingerprint density at radius 2 is 2.57 bits per heavy atom. The molecule has 0 aromatic heterocycles. The Kier molecular flexibility index (Phi) is 2.73. The molecule has 38 valence electrons. The molecule has 0 aliphatic heterocycles. The lowest BCUT2D eigenvalue weighted by Gasteiger charge is -1.87. The van der Waals surface area contributed by atoms with Crippen LogP contribution in [0.5, 0.6) is 0 Å². The van der Waals surface area contributed by atoms with Crippen molar-refractivity contribution in [3.8, 4) is 12.3 Å². The van der Waals surface area contributed by atoms with Crippen molar-refractivity contribution in [3.05, 3.63) is 0 Å². The lowest BCUT2D eigenvalue weighted by molar-refractivity contribution is -0.120. The summed E-state index contributed by atoms with van der Waals surface area (Å²) >= 11 is 0. The van der Waals surface area contributed by atoms with Gasteiger partial charge in [0.15, 0.2) is 0 Å². The molecule has 3 nitrogen and oxygen atoms in total. The lowest BCUT2D eigenvalue weighted by atomic mass is 10.4. The molecule has 0 spiro atoms. The van der Waals surface area contributed by atoms with Gasteiger partial charge in [0.1, 0.15) is 0 Å². The summed E-state index contributed by atoms with van der Waals surface area (Å²) in [4.78, 5) is 10.0. The number of nitrogens with one attached hydrogen (secondary N) is 1. The monoisotopic (exact) mass is 98.0 g/mol. The Labute approximate surface area is 41.9 Å². The van der Waals surface area contributed by atoms with Crippen LogP contribution in [0, 0.1) is 12.3 Å². The van der Waals surface area contributed by atoms with Gasteiger partial charge in [-0.1, -0.05) is 5.92 Å². The van der Waals surface area contributed by atoms with Crippen LogP contribution in [-0.2, 0) is 4.79 Å². The summed E-state index contributed by atoms with van der Waals surface area (Å²) in [6, 6.07) is 0. The van der Waals surface area contributed by atoms with Gasteiger partial charge in [0.05, 0.1) is 6.42 Å². The van der Waals surface area contributed by atoms with Crippen molar-refractivity contribution in [1.82, 2.24) is 5.43 Å². The van der Waals surface area contributed by atoms with Crippen molar-refractivity contribution in [2.75, 3.05) is 0 Å². The van der Waals surface area contributed by atoms with E-state index in [1.165, 1.54) is 0 Å². The second-order valence-corrected chi connectivity index (χ2v) is 0.948. The van der Waals surface area contributed by atoms with E-state index in [0.29, 0.717) is 0 Å². The summed E-state index contributed by atoms with van der Waals surface area (Å²) < 4.78 is 0. The van der Waals surface area contributed by atoms with Gasteiger partial charge in [-0.2, -0.15) is 0 Å². The van der Waals surface area contributed by atoms with Crippen LogP contribution in [0.4, 0.5) is 0 Å². The minimum atomic E-state index is -0.331.